The van der Waals surface area contributed by atoms with Gasteiger partial charge < -0.3 is 16.0 Å². The molecule has 160 valence electrons. The van der Waals surface area contributed by atoms with Crippen LogP contribution < -0.4 is 16.0 Å². The normalized spacial score (nSPS) is 24.2. The van der Waals surface area contributed by atoms with Crippen LogP contribution in [-0.2, 0) is 0 Å². The monoisotopic (exact) mass is 442 g/mol. The number of amides is 1. The number of carbonyl (C=O) groups excluding carboxylic acids is 1. The molecule has 3 N–H and O–H groups in total. The third-order valence-electron chi connectivity index (χ3n) is 5.45. The van der Waals surface area contributed by atoms with Crippen LogP contribution in [0.1, 0.15) is 55.1 Å². The second-order valence-electron chi connectivity index (χ2n) is 7.46. The zero-order valence-corrected chi connectivity index (χ0v) is 17.8. The van der Waals surface area contributed by atoms with Crippen LogP contribution in [0.15, 0.2) is 24.7 Å². The predicted molar refractivity (Wildman–Crippen MR) is 115 cm³/mol. The molecule has 1 aliphatic carbocycles. The molecule has 1 atom stereocenters. The molecule has 2 fully saturated rings. The minimum absolute atomic E-state index is 0. The van der Waals surface area contributed by atoms with Gasteiger partial charge in [-0.15, -0.1) is 29.9 Å². The highest BCUT2D eigenvalue weighted by molar-refractivity contribution is 5.92. The Hall–Kier alpha value is -1.97. The average Bonchev–Trinajstić information content (AvgIpc) is 3.20. The quantitative estimate of drug-likeness (QED) is 0.740. The molecule has 0 spiro atoms. The molecule has 0 bridgehead atoms. The molecule has 29 heavy (non-hydrogen) atoms. The van der Waals surface area contributed by atoms with E-state index in [-0.39, 0.29) is 42.8 Å². The fourth-order valence-corrected chi connectivity index (χ4v) is 3.92. The summed E-state index contributed by atoms with van der Waals surface area (Å²) >= 11 is 0. The molecule has 11 heteroatoms. The minimum atomic E-state index is -0.172. The number of piperidine rings is 1. The Morgan fingerprint density at radius 3 is 2.55 bits per heavy atom. The number of anilines is 1. The molecule has 2 aliphatic rings. The largest absolute Gasteiger partial charge is 0.346 e. The van der Waals surface area contributed by atoms with Crippen molar-refractivity contribution >= 4 is 36.7 Å². The summed E-state index contributed by atoms with van der Waals surface area (Å²) in [4.78, 5) is 23.3. The van der Waals surface area contributed by atoms with Crippen molar-refractivity contribution in [1.82, 2.24) is 30.3 Å². The van der Waals surface area contributed by atoms with Crippen molar-refractivity contribution in [3.63, 3.8) is 0 Å². The molecule has 9 nitrogen and oxygen atoms in total. The van der Waals surface area contributed by atoms with Crippen LogP contribution in [0.25, 0.3) is 0 Å². The Morgan fingerprint density at radius 2 is 1.83 bits per heavy atom. The van der Waals surface area contributed by atoms with Gasteiger partial charge in [0, 0.05) is 37.6 Å². The van der Waals surface area contributed by atoms with Gasteiger partial charge in [-0.25, -0.2) is 14.6 Å². The van der Waals surface area contributed by atoms with Gasteiger partial charge in [-0.1, -0.05) is 5.21 Å². The molecule has 2 aromatic heterocycles. The number of nitrogens with two attached hydrogens (primary N) is 1. The van der Waals surface area contributed by atoms with Crippen molar-refractivity contribution in [2.24, 2.45) is 5.73 Å². The Labute approximate surface area is 182 Å². The summed E-state index contributed by atoms with van der Waals surface area (Å²) in [6.07, 6.45) is 11.1. The Kier molecular flexibility index (Phi) is 8.60. The van der Waals surface area contributed by atoms with Gasteiger partial charge >= 0.3 is 0 Å². The van der Waals surface area contributed by atoms with Gasteiger partial charge in [-0.2, -0.15) is 0 Å². The van der Waals surface area contributed by atoms with E-state index in [2.05, 4.69) is 30.5 Å². The van der Waals surface area contributed by atoms with Gasteiger partial charge in [0.05, 0.1) is 12.2 Å². The fourth-order valence-electron chi connectivity index (χ4n) is 3.92. The molecule has 1 aliphatic heterocycles. The Morgan fingerprint density at radius 1 is 1.10 bits per heavy atom. The fraction of sp³-hybridized carbons (Fsp3) is 0.611. The van der Waals surface area contributed by atoms with E-state index in [0.29, 0.717) is 24.2 Å². The number of hydrogen-bond acceptors (Lipinski definition) is 7. The first kappa shape index (κ1) is 23.3. The number of rotatable bonds is 4. The summed E-state index contributed by atoms with van der Waals surface area (Å²) in [6, 6.07) is 2.43. The van der Waals surface area contributed by atoms with E-state index in [4.69, 9.17) is 5.73 Å². The summed E-state index contributed by atoms with van der Waals surface area (Å²) < 4.78 is 1.83. The molecular formula is C18H28Cl2N8O. The second-order valence-corrected chi connectivity index (χ2v) is 7.46. The number of nitrogens with zero attached hydrogens (tertiary/aromatic N) is 6. The maximum absolute atomic E-state index is 12.6. The van der Waals surface area contributed by atoms with Crippen LogP contribution in [0.2, 0.25) is 0 Å². The summed E-state index contributed by atoms with van der Waals surface area (Å²) in [6.45, 7) is 1.60. The maximum Gasteiger partial charge on any atom is 0.273 e. The summed E-state index contributed by atoms with van der Waals surface area (Å²) in [7, 11) is 0. The first-order valence-electron chi connectivity index (χ1n) is 9.69. The highest BCUT2D eigenvalue weighted by Gasteiger charge is 2.26. The van der Waals surface area contributed by atoms with Gasteiger partial charge in [-0.3, -0.25) is 4.79 Å². The van der Waals surface area contributed by atoms with Crippen molar-refractivity contribution in [2.45, 2.75) is 56.7 Å². The molecule has 1 amide bonds. The van der Waals surface area contributed by atoms with E-state index >= 15 is 0 Å². The lowest BCUT2D eigenvalue weighted by molar-refractivity contribution is 0.0928. The predicted octanol–water partition coefficient (Wildman–Crippen LogP) is 1.75. The van der Waals surface area contributed by atoms with Crippen LogP contribution in [-0.4, -0.2) is 56.0 Å². The summed E-state index contributed by atoms with van der Waals surface area (Å²) in [5.41, 5.74) is 6.34. The SMILES string of the molecule is Cl.Cl.NC1CCC(n2cc(C(=O)NC3CCCN(c4ncccn4)C3)nn2)CC1. The van der Waals surface area contributed by atoms with Crippen molar-refractivity contribution in [3.05, 3.63) is 30.4 Å². The van der Waals surface area contributed by atoms with E-state index in [1.54, 1.807) is 24.7 Å². The van der Waals surface area contributed by atoms with Crippen LogP contribution >= 0.6 is 24.8 Å². The van der Waals surface area contributed by atoms with Crippen molar-refractivity contribution in [1.29, 1.82) is 0 Å². The van der Waals surface area contributed by atoms with Crippen LogP contribution in [0.5, 0.6) is 0 Å². The van der Waals surface area contributed by atoms with Crippen LogP contribution in [0.3, 0.4) is 0 Å². The van der Waals surface area contributed by atoms with E-state index < -0.39 is 0 Å². The standard InChI is InChI=1S/C18H26N8O.2ClH/c19-13-4-6-15(7-5-13)26-12-16(23-24-26)17(27)22-14-3-1-10-25(11-14)18-20-8-2-9-21-18;;/h2,8-9,12-15H,1,3-7,10-11,19H2,(H,22,27);2*1H. The molecule has 0 radical (unpaired) electrons. The first-order valence-corrected chi connectivity index (χ1v) is 9.69. The lowest BCUT2D eigenvalue weighted by Gasteiger charge is -2.32. The minimum Gasteiger partial charge on any atom is -0.346 e. The molecule has 1 unspecified atom stereocenters. The molecule has 1 saturated carbocycles. The Bertz CT molecular complexity index is 766. The zero-order chi connectivity index (χ0) is 18.6. The smallest absolute Gasteiger partial charge is 0.273 e. The maximum atomic E-state index is 12.6. The first-order chi connectivity index (χ1) is 13.2. The van der Waals surface area contributed by atoms with E-state index in [0.717, 1.165) is 45.1 Å². The molecular weight excluding hydrogens is 415 g/mol. The number of nitrogens with one attached hydrogen (secondary N) is 1. The van der Waals surface area contributed by atoms with E-state index in [1.807, 2.05) is 4.68 Å². The second kappa shape index (κ2) is 10.7. The van der Waals surface area contributed by atoms with Gasteiger partial charge in [0.25, 0.3) is 5.91 Å². The van der Waals surface area contributed by atoms with Gasteiger partial charge in [0.2, 0.25) is 5.95 Å². The van der Waals surface area contributed by atoms with Crippen LogP contribution in [0.4, 0.5) is 5.95 Å². The highest BCUT2D eigenvalue weighted by Crippen LogP contribution is 2.26. The average molecular weight is 443 g/mol. The molecule has 4 rings (SSSR count). The third kappa shape index (κ3) is 5.77. The number of hydrogen-bond donors (Lipinski definition) is 2. The summed E-state index contributed by atoms with van der Waals surface area (Å²) in [5, 5.41) is 11.3. The van der Waals surface area contributed by atoms with Gasteiger partial charge in [0.15, 0.2) is 5.69 Å². The zero-order valence-electron chi connectivity index (χ0n) is 16.2. The molecule has 0 aromatic carbocycles. The number of carbonyl (C=O) groups is 1. The van der Waals surface area contributed by atoms with Crippen molar-refractivity contribution in [2.75, 3.05) is 18.0 Å². The summed E-state index contributed by atoms with van der Waals surface area (Å²) in [5.74, 6) is 0.535. The van der Waals surface area contributed by atoms with Crippen molar-refractivity contribution < 1.29 is 4.79 Å². The third-order valence-corrected chi connectivity index (χ3v) is 5.45. The highest BCUT2D eigenvalue weighted by atomic mass is 35.5. The topological polar surface area (TPSA) is 115 Å². The number of halogens is 2. The van der Waals surface area contributed by atoms with Crippen LogP contribution in [0, 0.1) is 0 Å². The lowest BCUT2D eigenvalue weighted by atomic mass is 9.92. The van der Waals surface area contributed by atoms with Gasteiger partial charge in [0.1, 0.15) is 0 Å². The van der Waals surface area contributed by atoms with Gasteiger partial charge in [-0.05, 0) is 44.6 Å². The van der Waals surface area contributed by atoms with Crippen molar-refractivity contribution in [3.8, 4) is 0 Å². The number of aromatic nitrogens is 5. The van der Waals surface area contributed by atoms with E-state index in [1.165, 1.54) is 0 Å². The molecule has 2 aromatic rings. The van der Waals surface area contributed by atoms with E-state index in [9.17, 15) is 4.79 Å². The molecule has 1 saturated heterocycles. The lowest BCUT2D eigenvalue weighted by Crippen LogP contribution is -2.48. The molecule has 3 heterocycles. The Balaban J connectivity index is 0.00000150.